The molecule has 180 valence electrons. The predicted octanol–water partition coefficient (Wildman–Crippen LogP) is 4.40. The van der Waals surface area contributed by atoms with Gasteiger partial charge in [-0.15, -0.1) is 22.0 Å². The third kappa shape index (κ3) is 6.31. The van der Waals surface area contributed by atoms with Gasteiger partial charge in [0.2, 0.25) is 11.8 Å². The van der Waals surface area contributed by atoms with Gasteiger partial charge in [-0.1, -0.05) is 18.2 Å². The smallest absolute Gasteiger partial charge is 0.247 e. The maximum atomic E-state index is 5.88. The highest BCUT2D eigenvalue weighted by Gasteiger charge is 2.25. The van der Waals surface area contributed by atoms with Crippen LogP contribution in [0.15, 0.2) is 59.0 Å². The summed E-state index contributed by atoms with van der Waals surface area (Å²) in [5.41, 5.74) is 2.20. The average Bonchev–Trinajstić information content (AvgIpc) is 3.55. The van der Waals surface area contributed by atoms with Crippen LogP contribution in [-0.4, -0.2) is 60.9 Å². The van der Waals surface area contributed by atoms with Crippen LogP contribution in [-0.2, 0) is 10.5 Å². The summed E-state index contributed by atoms with van der Waals surface area (Å²) >= 11 is 1.73. The Hall–Kier alpha value is -2.55. The Kier molecular flexibility index (Phi) is 8.01. The zero-order valence-corrected chi connectivity index (χ0v) is 20.2. The molecule has 2 saturated heterocycles. The molecule has 7 nitrogen and oxygen atoms in total. The fourth-order valence-electron chi connectivity index (χ4n) is 4.47. The fourth-order valence-corrected chi connectivity index (χ4v) is 5.10. The number of nitrogens with zero attached hydrogens (tertiary/aromatic N) is 3. The molecule has 0 aliphatic carbocycles. The van der Waals surface area contributed by atoms with E-state index in [4.69, 9.17) is 13.9 Å². The molecule has 1 aromatic heterocycles. The SMILES string of the molecule is c1ccc(OCCSCc2nnc(-c3ccc(N4CCC(NC5CCOCC5)C4)cc3)o2)cc1. The van der Waals surface area contributed by atoms with E-state index < -0.39 is 0 Å². The highest BCUT2D eigenvalue weighted by molar-refractivity contribution is 7.98. The van der Waals surface area contributed by atoms with Gasteiger partial charge < -0.3 is 24.1 Å². The van der Waals surface area contributed by atoms with Crippen molar-refractivity contribution in [2.45, 2.75) is 37.1 Å². The highest BCUT2D eigenvalue weighted by atomic mass is 32.2. The van der Waals surface area contributed by atoms with E-state index in [0.717, 1.165) is 56.2 Å². The summed E-state index contributed by atoms with van der Waals surface area (Å²) in [5.74, 6) is 3.65. The van der Waals surface area contributed by atoms with Crippen LogP contribution in [0.2, 0.25) is 0 Å². The molecular weight excluding hydrogens is 448 g/mol. The summed E-state index contributed by atoms with van der Waals surface area (Å²) in [6.45, 7) is 4.55. The third-order valence-electron chi connectivity index (χ3n) is 6.29. The first kappa shape index (κ1) is 23.2. The van der Waals surface area contributed by atoms with E-state index in [2.05, 4.69) is 44.7 Å². The number of hydrogen-bond donors (Lipinski definition) is 1. The van der Waals surface area contributed by atoms with Crippen molar-refractivity contribution in [1.82, 2.24) is 15.5 Å². The third-order valence-corrected chi connectivity index (χ3v) is 7.20. The van der Waals surface area contributed by atoms with Crippen LogP contribution in [0.3, 0.4) is 0 Å². The van der Waals surface area contributed by atoms with Gasteiger partial charge in [-0.2, -0.15) is 0 Å². The minimum Gasteiger partial charge on any atom is -0.493 e. The predicted molar refractivity (Wildman–Crippen MR) is 135 cm³/mol. The topological polar surface area (TPSA) is 72.7 Å². The average molecular weight is 481 g/mol. The first-order chi connectivity index (χ1) is 16.8. The van der Waals surface area contributed by atoms with Crippen molar-refractivity contribution in [3.8, 4) is 17.2 Å². The summed E-state index contributed by atoms with van der Waals surface area (Å²) in [5, 5.41) is 12.3. The van der Waals surface area contributed by atoms with Crippen molar-refractivity contribution in [3.63, 3.8) is 0 Å². The molecule has 8 heteroatoms. The van der Waals surface area contributed by atoms with Crippen LogP contribution >= 0.6 is 11.8 Å². The second kappa shape index (κ2) is 11.7. The molecule has 34 heavy (non-hydrogen) atoms. The number of nitrogens with one attached hydrogen (secondary N) is 1. The zero-order valence-electron chi connectivity index (χ0n) is 19.4. The fraction of sp³-hybridized carbons (Fsp3) is 0.462. The van der Waals surface area contributed by atoms with Crippen LogP contribution in [0.5, 0.6) is 5.75 Å². The number of benzene rings is 2. The van der Waals surface area contributed by atoms with Gasteiger partial charge in [-0.25, -0.2) is 0 Å². The highest BCUT2D eigenvalue weighted by Crippen LogP contribution is 2.26. The zero-order chi connectivity index (χ0) is 23.0. The van der Waals surface area contributed by atoms with Crippen molar-refractivity contribution in [1.29, 1.82) is 0 Å². The summed E-state index contributed by atoms with van der Waals surface area (Å²) < 4.78 is 17.1. The van der Waals surface area contributed by atoms with Gasteiger partial charge in [0.25, 0.3) is 0 Å². The van der Waals surface area contributed by atoms with Gasteiger partial charge in [0.05, 0.1) is 12.4 Å². The maximum absolute atomic E-state index is 5.88. The number of ether oxygens (including phenoxy) is 2. The van der Waals surface area contributed by atoms with Crippen molar-refractivity contribution in [3.05, 3.63) is 60.5 Å². The lowest BCUT2D eigenvalue weighted by Crippen LogP contribution is -2.42. The molecule has 1 unspecified atom stereocenters. The van der Waals surface area contributed by atoms with Crippen molar-refractivity contribution in [2.24, 2.45) is 0 Å². The van der Waals surface area contributed by atoms with Crippen molar-refractivity contribution < 1.29 is 13.9 Å². The molecule has 3 aromatic rings. The molecule has 0 saturated carbocycles. The van der Waals surface area contributed by atoms with Crippen LogP contribution < -0.4 is 15.0 Å². The molecule has 2 fully saturated rings. The summed E-state index contributed by atoms with van der Waals surface area (Å²) in [4.78, 5) is 2.45. The Bertz CT molecular complexity index is 1010. The van der Waals surface area contributed by atoms with E-state index in [1.165, 1.54) is 12.1 Å². The number of para-hydroxylation sites is 1. The van der Waals surface area contributed by atoms with E-state index in [0.29, 0.717) is 36.2 Å². The second-order valence-electron chi connectivity index (χ2n) is 8.75. The van der Waals surface area contributed by atoms with E-state index >= 15 is 0 Å². The Morgan fingerprint density at radius 2 is 1.79 bits per heavy atom. The van der Waals surface area contributed by atoms with Gasteiger partial charge in [0, 0.05) is 55.4 Å². The number of aromatic nitrogens is 2. The Morgan fingerprint density at radius 1 is 0.971 bits per heavy atom. The first-order valence-electron chi connectivity index (χ1n) is 12.1. The van der Waals surface area contributed by atoms with Crippen LogP contribution in [0.25, 0.3) is 11.5 Å². The minimum absolute atomic E-state index is 0.553. The number of hydrogen-bond acceptors (Lipinski definition) is 8. The largest absolute Gasteiger partial charge is 0.493 e. The molecule has 0 radical (unpaired) electrons. The quantitative estimate of drug-likeness (QED) is 0.428. The van der Waals surface area contributed by atoms with Crippen molar-refractivity contribution >= 4 is 17.4 Å². The molecule has 0 spiro atoms. The standard InChI is InChI=1S/C26H32N4O3S/c1-2-4-24(5-3-1)32-16-17-34-19-25-28-29-26(33-25)20-6-8-23(9-7-20)30-13-10-22(18-30)27-21-11-14-31-15-12-21/h1-9,21-22,27H,10-19H2. The molecule has 5 rings (SSSR count). The number of anilines is 1. The van der Waals surface area contributed by atoms with Crippen LogP contribution in [0.4, 0.5) is 5.69 Å². The van der Waals surface area contributed by atoms with Gasteiger partial charge in [-0.05, 0) is 55.7 Å². The lowest BCUT2D eigenvalue weighted by molar-refractivity contribution is 0.0755. The number of thioether (sulfide) groups is 1. The number of rotatable bonds is 10. The van der Waals surface area contributed by atoms with Gasteiger partial charge >= 0.3 is 0 Å². The Balaban J connectivity index is 1.06. The molecule has 1 N–H and O–H groups in total. The summed E-state index contributed by atoms with van der Waals surface area (Å²) in [7, 11) is 0. The molecular formula is C26H32N4O3S. The van der Waals surface area contributed by atoms with Crippen LogP contribution in [0.1, 0.15) is 25.2 Å². The van der Waals surface area contributed by atoms with Crippen LogP contribution in [0, 0.1) is 0 Å². The summed E-state index contributed by atoms with van der Waals surface area (Å²) in [6, 6.07) is 19.5. The van der Waals surface area contributed by atoms with Gasteiger partial charge in [-0.3, -0.25) is 0 Å². The van der Waals surface area contributed by atoms with Gasteiger partial charge in [0.1, 0.15) is 5.75 Å². The minimum atomic E-state index is 0.553. The summed E-state index contributed by atoms with van der Waals surface area (Å²) in [6.07, 6.45) is 3.43. The monoisotopic (exact) mass is 480 g/mol. The Morgan fingerprint density at radius 3 is 2.62 bits per heavy atom. The van der Waals surface area contributed by atoms with E-state index in [-0.39, 0.29) is 0 Å². The van der Waals surface area contributed by atoms with E-state index in [1.54, 1.807) is 11.8 Å². The van der Waals surface area contributed by atoms with Gasteiger partial charge in [0.15, 0.2) is 0 Å². The lowest BCUT2D eigenvalue weighted by Gasteiger charge is -2.27. The molecule has 3 heterocycles. The van der Waals surface area contributed by atoms with Crippen molar-refractivity contribution in [2.75, 3.05) is 43.6 Å². The Labute approximate surface area is 205 Å². The van der Waals surface area contributed by atoms with E-state index in [9.17, 15) is 0 Å². The molecule has 2 aliphatic rings. The second-order valence-corrected chi connectivity index (χ2v) is 9.85. The molecule has 2 aromatic carbocycles. The molecule has 1 atom stereocenters. The molecule has 0 bridgehead atoms. The molecule has 0 amide bonds. The maximum Gasteiger partial charge on any atom is 0.247 e. The first-order valence-corrected chi connectivity index (χ1v) is 13.3. The normalized spacial score (nSPS) is 18.9. The van der Waals surface area contributed by atoms with E-state index in [1.807, 2.05) is 30.3 Å². The molecule has 2 aliphatic heterocycles. The lowest BCUT2D eigenvalue weighted by atomic mass is 10.1.